The fourth-order valence-corrected chi connectivity index (χ4v) is 2.14. The van der Waals surface area contributed by atoms with E-state index in [1.54, 1.807) is 12.1 Å². The van der Waals surface area contributed by atoms with Crippen molar-refractivity contribution < 1.29 is 9.90 Å². The van der Waals surface area contributed by atoms with Gasteiger partial charge >= 0.3 is 5.97 Å². The zero-order chi connectivity index (χ0) is 13.8. The molecule has 0 unspecified atom stereocenters. The minimum absolute atomic E-state index is 0.325. The average Bonchev–Trinajstić information content (AvgIpc) is 2.46. The fourth-order valence-electron chi connectivity index (χ4n) is 2.14. The molecule has 2 nitrogen and oxygen atoms in total. The van der Waals surface area contributed by atoms with Gasteiger partial charge in [0.1, 0.15) is 0 Å². The normalized spacial score (nSPS) is 10.4. The molecule has 0 spiro atoms. The van der Waals surface area contributed by atoms with Crippen LogP contribution >= 0.6 is 0 Å². The highest BCUT2D eigenvalue weighted by Crippen LogP contribution is 2.23. The first-order valence-corrected chi connectivity index (χ1v) is 6.60. The average molecular weight is 254 g/mol. The van der Waals surface area contributed by atoms with Crippen LogP contribution in [0.1, 0.15) is 35.3 Å². The minimum atomic E-state index is -0.886. The van der Waals surface area contributed by atoms with Gasteiger partial charge in [-0.3, -0.25) is 0 Å². The topological polar surface area (TPSA) is 37.3 Å². The van der Waals surface area contributed by atoms with Crippen LogP contribution in [0.15, 0.2) is 42.5 Å². The molecule has 0 aliphatic carbocycles. The summed E-state index contributed by atoms with van der Waals surface area (Å²) < 4.78 is 0. The predicted octanol–water partition coefficient (Wildman–Crippen LogP) is 4.18. The second-order valence-electron chi connectivity index (χ2n) is 4.63. The van der Waals surface area contributed by atoms with Gasteiger partial charge in [-0.1, -0.05) is 44.2 Å². The number of aryl methyl sites for hydroxylation is 2. The highest BCUT2D eigenvalue weighted by molar-refractivity contribution is 5.88. The third kappa shape index (κ3) is 3.02. The van der Waals surface area contributed by atoms with Crippen LogP contribution < -0.4 is 0 Å². The Labute approximate surface area is 113 Å². The van der Waals surface area contributed by atoms with E-state index in [4.69, 9.17) is 5.11 Å². The molecule has 2 aromatic rings. The molecule has 0 aromatic heterocycles. The lowest BCUT2D eigenvalue weighted by atomic mass is 9.97. The lowest BCUT2D eigenvalue weighted by Gasteiger charge is -2.08. The Kier molecular flexibility index (Phi) is 4.00. The summed E-state index contributed by atoms with van der Waals surface area (Å²) in [6, 6.07) is 13.6. The van der Waals surface area contributed by atoms with E-state index in [1.165, 1.54) is 11.1 Å². The summed E-state index contributed by atoms with van der Waals surface area (Å²) in [4.78, 5) is 10.8. The van der Waals surface area contributed by atoms with Crippen LogP contribution in [0.5, 0.6) is 0 Å². The molecule has 2 heteroatoms. The molecular formula is C17H18O2. The number of aromatic carboxylic acids is 1. The van der Waals surface area contributed by atoms with Gasteiger partial charge in [-0.25, -0.2) is 4.79 Å². The summed E-state index contributed by atoms with van der Waals surface area (Å²) in [6.07, 6.45) is 2.02. The summed E-state index contributed by atoms with van der Waals surface area (Å²) in [7, 11) is 0. The Morgan fingerprint density at radius 3 is 1.84 bits per heavy atom. The lowest BCUT2D eigenvalue weighted by molar-refractivity contribution is 0.0697. The molecule has 0 aliphatic heterocycles. The van der Waals surface area contributed by atoms with Gasteiger partial charge in [-0.15, -0.1) is 0 Å². The second kappa shape index (κ2) is 5.70. The molecule has 19 heavy (non-hydrogen) atoms. The van der Waals surface area contributed by atoms with E-state index in [0.717, 1.165) is 24.0 Å². The van der Waals surface area contributed by atoms with Crippen molar-refractivity contribution in [2.75, 3.05) is 0 Å². The molecular weight excluding hydrogens is 236 g/mol. The largest absolute Gasteiger partial charge is 0.478 e. The van der Waals surface area contributed by atoms with E-state index in [9.17, 15) is 4.79 Å². The van der Waals surface area contributed by atoms with Crippen molar-refractivity contribution in [3.63, 3.8) is 0 Å². The van der Waals surface area contributed by atoms with Crippen molar-refractivity contribution in [2.24, 2.45) is 0 Å². The van der Waals surface area contributed by atoms with Gasteiger partial charge in [0.2, 0.25) is 0 Å². The Balaban J connectivity index is 2.42. The third-order valence-electron chi connectivity index (χ3n) is 3.33. The zero-order valence-corrected chi connectivity index (χ0v) is 11.3. The number of carbonyl (C=O) groups is 1. The maximum Gasteiger partial charge on any atom is 0.335 e. The SMILES string of the molecule is CCc1cc(CC)cc(-c2ccc(C(=O)O)cc2)c1. The van der Waals surface area contributed by atoms with E-state index >= 15 is 0 Å². The first kappa shape index (κ1) is 13.3. The molecule has 0 radical (unpaired) electrons. The number of benzene rings is 2. The summed E-state index contributed by atoms with van der Waals surface area (Å²) in [6.45, 7) is 4.29. The van der Waals surface area contributed by atoms with Crippen LogP contribution in [0.4, 0.5) is 0 Å². The maximum absolute atomic E-state index is 10.8. The molecule has 98 valence electrons. The van der Waals surface area contributed by atoms with E-state index in [-0.39, 0.29) is 0 Å². The molecule has 0 fully saturated rings. The number of carboxylic acid groups (broad SMARTS) is 1. The van der Waals surface area contributed by atoms with Gasteiger partial charge in [-0.2, -0.15) is 0 Å². The van der Waals surface area contributed by atoms with Crippen LogP contribution in [-0.2, 0) is 12.8 Å². The van der Waals surface area contributed by atoms with Crippen LogP contribution in [0, 0.1) is 0 Å². The van der Waals surface area contributed by atoms with Gasteiger partial charge in [0.15, 0.2) is 0 Å². The molecule has 0 atom stereocenters. The lowest BCUT2D eigenvalue weighted by Crippen LogP contribution is -1.95. The first-order valence-electron chi connectivity index (χ1n) is 6.60. The number of hydrogen-bond donors (Lipinski definition) is 1. The van der Waals surface area contributed by atoms with Crippen LogP contribution in [0.2, 0.25) is 0 Å². The predicted molar refractivity (Wildman–Crippen MR) is 77.6 cm³/mol. The van der Waals surface area contributed by atoms with Crippen LogP contribution in [-0.4, -0.2) is 11.1 Å². The number of hydrogen-bond acceptors (Lipinski definition) is 1. The van der Waals surface area contributed by atoms with E-state index in [0.29, 0.717) is 5.56 Å². The van der Waals surface area contributed by atoms with Crippen LogP contribution in [0.25, 0.3) is 11.1 Å². The Hall–Kier alpha value is -2.09. The van der Waals surface area contributed by atoms with Gasteiger partial charge in [-0.05, 0) is 47.2 Å². The van der Waals surface area contributed by atoms with Crippen molar-refractivity contribution in [1.29, 1.82) is 0 Å². The smallest absolute Gasteiger partial charge is 0.335 e. The van der Waals surface area contributed by atoms with Crippen molar-refractivity contribution >= 4 is 5.97 Å². The summed E-state index contributed by atoms with van der Waals surface area (Å²) in [5.41, 5.74) is 5.18. The Bertz CT molecular complexity index is 560. The standard InChI is InChI=1S/C17H18O2/c1-3-12-9-13(4-2)11-16(10-12)14-5-7-15(8-6-14)17(18)19/h5-11H,3-4H2,1-2H3,(H,18,19). The third-order valence-corrected chi connectivity index (χ3v) is 3.33. The molecule has 2 rings (SSSR count). The number of rotatable bonds is 4. The molecule has 0 saturated carbocycles. The highest BCUT2D eigenvalue weighted by Gasteiger charge is 2.05. The molecule has 2 aromatic carbocycles. The quantitative estimate of drug-likeness (QED) is 0.888. The van der Waals surface area contributed by atoms with Gasteiger partial charge in [0.05, 0.1) is 5.56 Å². The van der Waals surface area contributed by atoms with Crippen molar-refractivity contribution in [2.45, 2.75) is 26.7 Å². The van der Waals surface area contributed by atoms with E-state index in [1.807, 2.05) is 12.1 Å². The maximum atomic E-state index is 10.8. The molecule has 0 bridgehead atoms. The molecule has 0 saturated heterocycles. The fraction of sp³-hybridized carbons (Fsp3) is 0.235. The van der Waals surface area contributed by atoms with Gasteiger partial charge in [0, 0.05) is 0 Å². The van der Waals surface area contributed by atoms with Crippen molar-refractivity contribution in [3.8, 4) is 11.1 Å². The zero-order valence-electron chi connectivity index (χ0n) is 11.3. The molecule has 0 heterocycles. The Morgan fingerprint density at radius 2 is 1.42 bits per heavy atom. The van der Waals surface area contributed by atoms with Crippen LogP contribution in [0.3, 0.4) is 0 Å². The van der Waals surface area contributed by atoms with Gasteiger partial charge in [0.25, 0.3) is 0 Å². The summed E-state index contributed by atoms with van der Waals surface area (Å²) in [5.74, 6) is -0.886. The summed E-state index contributed by atoms with van der Waals surface area (Å²) in [5, 5.41) is 8.91. The molecule has 1 N–H and O–H groups in total. The first-order chi connectivity index (χ1) is 9.13. The molecule has 0 aliphatic rings. The van der Waals surface area contributed by atoms with Crippen molar-refractivity contribution in [3.05, 3.63) is 59.2 Å². The molecule has 0 amide bonds. The van der Waals surface area contributed by atoms with Crippen molar-refractivity contribution in [1.82, 2.24) is 0 Å². The van der Waals surface area contributed by atoms with E-state index in [2.05, 4.69) is 32.0 Å². The highest BCUT2D eigenvalue weighted by atomic mass is 16.4. The number of carboxylic acids is 1. The minimum Gasteiger partial charge on any atom is -0.478 e. The Morgan fingerprint density at radius 1 is 0.895 bits per heavy atom. The summed E-state index contributed by atoms with van der Waals surface area (Å²) >= 11 is 0. The van der Waals surface area contributed by atoms with Gasteiger partial charge < -0.3 is 5.11 Å². The van der Waals surface area contributed by atoms with E-state index < -0.39 is 5.97 Å². The monoisotopic (exact) mass is 254 g/mol. The second-order valence-corrected chi connectivity index (χ2v) is 4.63.